The molecule has 262 valence electrons. The summed E-state index contributed by atoms with van der Waals surface area (Å²) in [4.78, 5) is 66.2. The number of benzene rings is 1. The van der Waals surface area contributed by atoms with Crippen LogP contribution in [0.4, 0.5) is 22.0 Å². The van der Waals surface area contributed by atoms with Gasteiger partial charge in [-0.3, -0.25) is 19.4 Å². The monoisotopic (exact) mass is 675 g/mol. The number of hydrogen-bond acceptors (Lipinski definition) is 11. The van der Waals surface area contributed by atoms with E-state index in [2.05, 4.69) is 41.1 Å². The van der Waals surface area contributed by atoms with Crippen molar-refractivity contribution < 1.29 is 28.7 Å². The van der Waals surface area contributed by atoms with Crippen LogP contribution < -0.4 is 31.9 Å². The predicted molar refractivity (Wildman–Crippen MR) is 185 cm³/mol. The van der Waals surface area contributed by atoms with Crippen molar-refractivity contribution >= 4 is 41.0 Å². The summed E-state index contributed by atoms with van der Waals surface area (Å²) in [6.07, 6.45) is 4.02. The summed E-state index contributed by atoms with van der Waals surface area (Å²) in [7, 11) is 0. The van der Waals surface area contributed by atoms with E-state index in [4.69, 9.17) is 15.2 Å². The Morgan fingerprint density at radius 1 is 0.980 bits per heavy atom. The number of rotatable bonds is 11. The molecule has 0 bridgehead atoms. The van der Waals surface area contributed by atoms with Crippen LogP contribution >= 0.6 is 0 Å². The standard InChI is InChI=1S/C34H45N9O6/c1-20(2)27(42-33(47)49-34(4,5)6)31(45)39-21(3)30(44)38-17-22-7-9-23(10-8-22)24-19-37-29(35)28(40-24)32(46)41-25-18-36-12-11-26(25)43-13-15-48-16-14-43/h7-12,18-21,27H,13-17H2,1-6H3,(H2,35,37)(H,38,44)(H,39,45)(H,41,46)(H,42,47)/t21-,27-/m0/s1. The second kappa shape index (κ2) is 16.2. The molecule has 4 rings (SSSR count). The first kappa shape index (κ1) is 36.5. The van der Waals surface area contributed by atoms with Crippen molar-refractivity contribution in [3.8, 4) is 11.3 Å². The van der Waals surface area contributed by atoms with Gasteiger partial charge in [0.25, 0.3) is 5.91 Å². The maximum Gasteiger partial charge on any atom is 0.408 e. The van der Waals surface area contributed by atoms with Gasteiger partial charge in [-0.2, -0.15) is 0 Å². The largest absolute Gasteiger partial charge is 0.444 e. The van der Waals surface area contributed by atoms with E-state index in [1.165, 1.54) is 6.20 Å². The van der Waals surface area contributed by atoms with Gasteiger partial charge in [-0.25, -0.2) is 14.8 Å². The molecule has 49 heavy (non-hydrogen) atoms. The smallest absolute Gasteiger partial charge is 0.408 e. The van der Waals surface area contributed by atoms with Crippen molar-refractivity contribution in [1.29, 1.82) is 0 Å². The quantitative estimate of drug-likeness (QED) is 0.200. The predicted octanol–water partition coefficient (Wildman–Crippen LogP) is 2.88. The van der Waals surface area contributed by atoms with E-state index in [1.807, 2.05) is 6.07 Å². The molecular weight excluding hydrogens is 630 g/mol. The molecule has 1 fully saturated rings. The molecule has 0 aliphatic carbocycles. The molecule has 1 saturated heterocycles. The lowest BCUT2D eigenvalue weighted by Crippen LogP contribution is -2.55. The second-order valence-electron chi connectivity index (χ2n) is 12.9. The van der Waals surface area contributed by atoms with Crippen molar-refractivity contribution in [2.75, 3.05) is 42.3 Å². The lowest BCUT2D eigenvalue weighted by Gasteiger charge is -2.30. The van der Waals surface area contributed by atoms with E-state index in [0.29, 0.717) is 43.2 Å². The molecule has 3 aromatic rings. The third-order valence-corrected chi connectivity index (χ3v) is 7.50. The molecular formula is C34H45N9O6. The Labute approximate surface area is 285 Å². The fourth-order valence-corrected chi connectivity index (χ4v) is 4.92. The van der Waals surface area contributed by atoms with Gasteiger partial charge >= 0.3 is 6.09 Å². The minimum Gasteiger partial charge on any atom is -0.444 e. The van der Waals surface area contributed by atoms with Crippen molar-refractivity contribution in [3.63, 3.8) is 0 Å². The zero-order chi connectivity index (χ0) is 35.7. The van der Waals surface area contributed by atoms with Gasteiger partial charge < -0.3 is 41.4 Å². The van der Waals surface area contributed by atoms with Gasteiger partial charge in [-0.05, 0) is 45.2 Å². The first-order valence-electron chi connectivity index (χ1n) is 16.1. The summed E-state index contributed by atoms with van der Waals surface area (Å²) < 4.78 is 10.7. The normalized spacial score (nSPS) is 14.4. The molecule has 15 heteroatoms. The zero-order valence-corrected chi connectivity index (χ0v) is 28.7. The van der Waals surface area contributed by atoms with Crippen LogP contribution in [0, 0.1) is 5.92 Å². The molecule has 3 heterocycles. The number of morpholine rings is 1. The lowest BCUT2D eigenvalue weighted by atomic mass is 10.0. The van der Waals surface area contributed by atoms with Crippen LogP contribution in [0.3, 0.4) is 0 Å². The summed E-state index contributed by atoms with van der Waals surface area (Å²) in [6, 6.07) is 7.29. The summed E-state index contributed by atoms with van der Waals surface area (Å²) in [6.45, 7) is 13.1. The van der Waals surface area contributed by atoms with Crippen molar-refractivity contribution in [2.24, 2.45) is 5.92 Å². The fourth-order valence-electron chi connectivity index (χ4n) is 4.92. The van der Waals surface area contributed by atoms with Crippen molar-refractivity contribution in [3.05, 3.63) is 60.2 Å². The lowest BCUT2D eigenvalue weighted by molar-refractivity contribution is -0.130. The van der Waals surface area contributed by atoms with Gasteiger partial charge in [0.05, 0.1) is 42.7 Å². The third kappa shape index (κ3) is 10.3. The molecule has 0 spiro atoms. The van der Waals surface area contributed by atoms with Gasteiger partial charge in [0.2, 0.25) is 11.8 Å². The van der Waals surface area contributed by atoms with Crippen molar-refractivity contribution in [1.82, 2.24) is 30.9 Å². The molecule has 1 aliphatic heterocycles. The third-order valence-electron chi connectivity index (χ3n) is 7.50. The average molecular weight is 676 g/mol. The average Bonchev–Trinajstić information content (AvgIpc) is 3.06. The maximum absolute atomic E-state index is 13.3. The first-order chi connectivity index (χ1) is 23.2. The van der Waals surface area contributed by atoms with Gasteiger partial charge in [-0.1, -0.05) is 38.1 Å². The van der Waals surface area contributed by atoms with E-state index in [-0.39, 0.29) is 24.0 Å². The number of nitrogens with two attached hydrogens (primary N) is 1. The van der Waals surface area contributed by atoms with E-state index < -0.39 is 41.5 Å². The number of amides is 4. The summed E-state index contributed by atoms with van der Waals surface area (Å²) in [5.74, 6) is -1.67. The Morgan fingerprint density at radius 3 is 2.33 bits per heavy atom. The Morgan fingerprint density at radius 2 is 1.67 bits per heavy atom. The van der Waals surface area contributed by atoms with Crippen molar-refractivity contribution in [2.45, 2.75) is 65.8 Å². The molecule has 0 radical (unpaired) electrons. The molecule has 0 saturated carbocycles. The number of carbonyl (C=O) groups excluding carboxylic acids is 4. The maximum atomic E-state index is 13.3. The second-order valence-corrected chi connectivity index (χ2v) is 12.9. The Kier molecular flexibility index (Phi) is 12.1. The Bertz CT molecular complexity index is 1640. The fraction of sp³-hybridized carbons (Fsp3) is 0.441. The summed E-state index contributed by atoms with van der Waals surface area (Å²) in [5, 5.41) is 10.9. The number of anilines is 3. The number of aromatic nitrogens is 3. The molecule has 2 aromatic heterocycles. The number of nitrogens with zero attached hydrogens (tertiary/aromatic N) is 4. The highest BCUT2D eigenvalue weighted by Gasteiger charge is 2.29. The number of ether oxygens (including phenoxy) is 2. The van der Waals surface area contributed by atoms with E-state index in [0.717, 1.165) is 11.3 Å². The van der Waals surface area contributed by atoms with Crippen LogP contribution in [-0.4, -0.2) is 82.8 Å². The van der Waals surface area contributed by atoms with Gasteiger partial charge in [0.1, 0.15) is 17.7 Å². The van der Waals surface area contributed by atoms with E-state index in [9.17, 15) is 19.2 Å². The molecule has 0 unspecified atom stereocenters. The molecule has 1 aromatic carbocycles. The Hall–Kier alpha value is -5.31. The van der Waals surface area contributed by atoms with Crippen LogP contribution in [0.1, 0.15) is 57.6 Å². The zero-order valence-electron chi connectivity index (χ0n) is 28.7. The number of nitrogen functional groups attached to an aromatic ring is 1. The highest BCUT2D eigenvalue weighted by Crippen LogP contribution is 2.27. The van der Waals surface area contributed by atoms with Crippen LogP contribution in [0.2, 0.25) is 0 Å². The molecule has 15 nitrogen and oxygen atoms in total. The van der Waals surface area contributed by atoms with Crippen LogP contribution in [-0.2, 0) is 25.6 Å². The first-order valence-corrected chi connectivity index (χ1v) is 16.1. The topological polar surface area (TPSA) is 203 Å². The van der Waals surface area contributed by atoms with E-state index in [1.54, 1.807) is 78.2 Å². The highest BCUT2D eigenvalue weighted by atomic mass is 16.6. The van der Waals surface area contributed by atoms with Gasteiger partial charge in [0.15, 0.2) is 11.5 Å². The molecule has 6 N–H and O–H groups in total. The summed E-state index contributed by atoms with van der Waals surface area (Å²) in [5.41, 5.74) is 8.57. The molecule has 4 amide bonds. The molecule has 2 atom stereocenters. The number of carbonyl (C=O) groups is 4. The number of pyridine rings is 1. The number of alkyl carbamates (subject to hydrolysis) is 1. The highest BCUT2D eigenvalue weighted by molar-refractivity contribution is 6.07. The summed E-state index contributed by atoms with van der Waals surface area (Å²) >= 11 is 0. The van der Waals surface area contributed by atoms with Crippen LogP contribution in [0.25, 0.3) is 11.3 Å². The SMILES string of the molecule is CC(C)[C@H](NC(=O)OC(C)(C)C)C(=O)N[C@@H](C)C(=O)NCc1ccc(-c2cnc(N)c(C(=O)Nc3cnccc3N3CCOCC3)n2)cc1. The minimum atomic E-state index is -0.886. The van der Waals surface area contributed by atoms with Gasteiger partial charge in [-0.15, -0.1) is 0 Å². The van der Waals surface area contributed by atoms with Crippen LogP contribution in [0.15, 0.2) is 48.9 Å². The number of nitrogens with one attached hydrogen (secondary N) is 4. The Balaban J connectivity index is 1.34. The minimum absolute atomic E-state index is 0.0149. The number of hydrogen-bond donors (Lipinski definition) is 5. The molecule has 1 aliphatic rings. The van der Waals surface area contributed by atoms with Gasteiger partial charge in [0, 0.05) is 31.4 Å². The van der Waals surface area contributed by atoms with E-state index >= 15 is 0 Å². The van der Waals surface area contributed by atoms with Crippen LogP contribution in [0.5, 0.6) is 0 Å².